The highest BCUT2D eigenvalue weighted by Gasteiger charge is 2.30. The van der Waals surface area contributed by atoms with Gasteiger partial charge in [-0.25, -0.2) is 4.79 Å². The fraction of sp³-hybridized carbons (Fsp3) is 0.462. The Kier molecular flexibility index (Phi) is 3.17. The minimum absolute atomic E-state index is 0.121. The van der Waals surface area contributed by atoms with E-state index in [1.165, 1.54) is 12.5 Å². The molecule has 4 heteroatoms. The average molecular weight is 236 g/mol. The SMILES string of the molecule is CC(O)(Cc1ccc2c(c1)CCOC2)C(=O)O. The van der Waals surface area contributed by atoms with E-state index in [0.29, 0.717) is 13.2 Å². The summed E-state index contributed by atoms with van der Waals surface area (Å²) >= 11 is 0. The number of carbonyl (C=O) groups is 1. The fourth-order valence-electron chi connectivity index (χ4n) is 2.00. The zero-order valence-electron chi connectivity index (χ0n) is 9.77. The normalized spacial score (nSPS) is 18.2. The smallest absolute Gasteiger partial charge is 0.335 e. The lowest BCUT2D eigenvalue weighted by Crippen LogP contribution is -2.37. The Morgan fingerprint density at radius 2 is 2.24 bits per heavy atom. The van der Waals surface area contributed by atoms with Crippen molar-refractivity contribution in [3.05, 3.63) is 34.9 Å². The van der Waals surface area contributed by atoms with Crippen LogP contribution in [0.4, 0.5) is 0 Å². The maximum atomic E-state index is 10.8. The molecule has 0 saturated carbocycles. The van der Waals surface area contributed by atoms with Crippen molar-refractivity contribution in [2.24, 2.45) is 0 Å². The van der Waals surface area contributed by atoms with E-state index >= 15 is 0 Å². The Hall–Kier alpha value is -1.39. The van der Waals surface area contributed by atoms with Crippen molar-refractivity contribution in [3.63, 3.8) is 0 Å². The number of hydrogen-bond acceptors (Lipinski definition) is 3. The van der Waals surface area contributed by atoms with E-state index in [1.54, 1.807) is 0 Å². The summed E-state index contributed by atoms with van der Waals surface area (Å²) in [6.45, 7) is 2.63. The van der Waals surface area contributed by atoms with Gasteiger partial charge in [0.05, 0.1) is 13.2 Å². The van der Waals surface area contributed by atoms with Gasteiger partial charge in [-0.2, -0.15) is 0 Å². The second-order valence-corrected chi connectivity index (χ2v) is 4.66. The summed E-state index contributed by atoms with van der Waals surface area (Å²) < 4.78 is 5.33. The van der Waals surface area contributed by atoms with Crippen LogP contribution < -0.4 is 0 Å². The molecule has 1 unspecified atom stereocenters. The molecule has 1 heterocycles. The van der Waals surface area contributed by atoms with Gasteiger partial charge in [0, 0.05) is 6.42 Å². The van der Waals surface area contributed by atoms with Gasteiger partial charge in [0.15, 0.2) is 5.60 Å². The van der Waals surface area contributed by atoms with Crippen LogP contribution in [0.25, 0.3) is 0 Å². The summed E-state index contributed by atoms with van der Waals surface area (Å²) in [4.78, 5) is 10.8. The molecule has 0 aromatic heterocycles. The summed E-state index contributed by atoms with van der Waals surface area (Å²) in [5, 5.41) is 18.6. The molecule has 1 aromatic carbocycles. The lowest BCUT2D eigenvalue weighted by atomic mass is 9.93. The number of aliphatic carboxylic acids is 1. The summed E-state index contributed by atoms with van der Waals surface area (Å²) in [6, 6.07) is 5.77. The third kappa shape index (κ3) is 2.65. The molecular weight excluding hydrogens is 220 g/mol. The molecule has 2 rings (SSSR count). The largest absolute Gasteiger partial charge is 0.479 e. The monoisotopic (exact) mass is 236 g/mol. The molecule has 0 amide bonds. The summed E-state index contributed by atoms with van der Waals surface area (Å²) in [5.41, 5.74) is 1.47. The zero-order chi connectivity index (χ0) is 12.5. The van der Waals surface area contributed by atoms with Gasteiger partial charge >= 0.3 is 5.97 Å². The predicted octanol–water partition coefficient (Wildman–Crippen LogP) is 1.14. The number of aliphatic hydroxyl groups is 1. The lowest BCUT2D eigenvalue weighted by Gasteiger charge is -2.21. The molecule has 92 valence electrons. The summed E-state index contributed by atoms with van der Waals surface area (Å²) in [6.07, 6.45) is 0.967. The maximum Gasteiger partial charge on any atom is 0.335 e. The van der Waals surface area contributed by atoms with E-state index in [4.69, 9.17) is 9.84 Å². The zero-order valence-corrected chi connectivity index (χ0v) is 9.77. The minimum atomic E-state index is -1.71. The van der Waals surface area contributed by atoms with E-state index < -0.39 is 11.6 Å². The van der Waals surface area contributed by atoms with Crippen molar-refractivity contribution >= 4 is 5.97 Å². The first-order valence-electron chi connectivity index (χ1n) is 5.63. The van der Waals surface area contributed by atoms with Gasteiger partial charge in [-0.3, -0.25) is 0 Å². The van der Waals surface area contributed by atoms with Crippen LogP contribution in [0.5, 0.6) is 0 Å². The van der Waals surface area contributed by atoms with Gasteiger partial charge in [-0.1, -0.05) is 18.2 Å². The molecule has 2 N–H and O–H groups in total. The molecule has 1 aliphatic heterocycles. The molecule has 0 radical (unpaired) electrons. The van der Waals surface area contributed by atoms with Gasteiger partial charge in [0.25, 0.3) is 0 Å². The lowest BCUT2D eigenvalue weighted by molar-refractivity contribution is -0.156. The first-order chi connectivity index (χ1) is 7.99. The molecule has 1 atom stereocenters. The molecule has 0 spiro atoms. The number of hydrogen-bond donors (Lipinski definition) is 2. The topological polar surface area (TPSA) is 66.8 Å². The van der Waals surface area contributed by atoms with E-state index in [9.17, 15) is 9.90 Å². The highest BCUT2D eigenvalue weighted by Crippen LogP contribution is 2.21. The Bertz CT molecular complexity index is 437. The predicted molar refractivity (Wildman–Crippen MR) is 61.8 cm³/mol. The van der Waals surface area contributed by atoms with Crippen molar-refractivity contribution in [2.75, 3.05) is 6.61 Å². The second kappa shape index (κ2) is 4.47. The van der Waals surface area contributed by atoms with Crippen molar-refractivity contribution in [1.29, 1.82) is 0 Å². The minimum Gasteiger partial charge on any atom is -0.479 e. The molecule has 0 aliphatic carbocycles. The van der Waals surface area contributed by atoms with E-state index in [0.717, 1.165) is 17.5 Å². The second-order valence-electron chi connectivity index (χ2n) is 4.66. The third-order valence-corrected chi connectivity index (χ3v) is 3.05. The highest BCUT2D eigenvalue weighted by molar-refractivity contribution is 5.77. The van der Waals surface area contributed by atoms with Crippen LogP contribution in [0.2, 0.25) is 0 Å². The number of carboxylic acid groups (broad SMARTS) is 1. The van der Waals surface area contributed by atoms with Crippen molar-refractivity contribution < 1.29 is 19.7 Å². The van der Waals surface area contributed by atoms with Crippen LogP contribution >= 0.6 is 0 Å². The molecule has 4 nitrogen and oxygen atoms in total. The Morgan fingerprint density at radius 1 is 1.47 bits per heavy atom. The van der Waals surface area contributed by atoms with Crippen molar-refractivity contribution in [3.8, 4) is 0 Å². The standard InChI is InChI=1S/C13H16O4/c1-13(16,12(14)15)7-9-2-3-11-8-17-5-4-10(11)6-9/h2-3,6,16H,4-5,7-8H2,1H3,(H,14,15). The number of rotatable bonds is 3. The van der Waals surface area contributed by atoms with Gasteiger partial charge in [-0.15, -0.1) is 0 Å². The van der Waals surface area contributed by atoms with Gasteiger partial charge < -0.3 is 14.9 Å². The molecule has 1 aliphatic rings. The Balaban J connectivity index is 2.20. The molecule has 17 heavy (non-hydrogen) atoms. The number of benzene rings is 1. The molecule has 0 saturated heterocycles. The number of carboxylic acids is 1. The average Bonchev–Trinajstić information content (AvgIpc) is 2.28. The first-order valence-corrected chi connectivity index (χ1v) is 5.63. The molecular formula is C13H16O4. The van der Waals surface area contributed by atoms with E-state index in [1.807, 2.05) is 18.2 Å². The number of ether oxygens (including phenoxy) is 1. The van der Waals surface area contributed by atoms with Crippen LogP contribution in [0.15, 0.2) is 18.2 Å². The van der Waals surface area contributed by atoms with Gasteiger partial charge in [0.1, 0.15) is 0 Å². The summed E-state index contributed by atoms with van der Waals surface area (Å²) in [5.74, 6) is -1.20. The van der Waals surface area contributed by atoms with Crippen LogP contribution in [0.1, 0.15) is 23.6 Å². The molecule has 1 aromatic rings. The van der Waals surface area contributed by atoms with Crippen LogP contribution in [0.3, 0.4) is 0 Å². The van der Waals surface area contributed by atoms with Crippen molar-refractivity contribution in [1.82, 2.24) is 0 Å². The van der Waals surface area contributed by atoms with Crippen LogP contribution in [0, 0.1) is 0 Å². The number of fused-ring (bicyclic) bond motifs is 1. The highest BCUT2D eigenvalue weighted by atomic mass is 16.5. The Labute approximate surface area is 99.8 Å². The Morgan fingerprint density at radius 3 is 2.94 bits per heavy atom. The molecule has 0 fully saturated rings. The third-order valence-electron chi connectivity index (χ3n) is 3.05. The molecule has 0 bridgehead atoms. The van der Waals surface area contributed by atoms with Crippen LogP contribution in [-0.4, -0.2) is 28.4 Å². The van der Waals surface area contributed by atoms with E-state index in [2.05, 4.69) is 0 Å². The fourth-order valence-corrected chi connectivity index (χ4v) is 2.00. The maximum absolute atomic E-state index is 10.8. The first kappa shape index (κ1) is 12.1. The van der Waals surface area contributed by atoms with Gasteiger partial charge in [0.2, 0.25) is 0 Å². The van der Waals surface area contributed by atoms with Crippen molar-refractivity contribution in [2.45, 2.75) is 32.0 Å². The van der Waals surface area contributed by atoms with E-state index in [-0.39, 0.29) is 6.42 Å². The van der Waals surface area contributed by atoms with Crippen LogP contribution in [-0.2, 0) is 29.0 Å². The van der Waals surface area contributed by atoms with Gasteiger partial charge in [-0.05, 0) is 30.0 Å². The summed E-state index contributed by atoms with van der Waals surface area (Å²) in [7, 11) is 0. The quantitative estimate of drug-likeness (QED) is 0.825.